The highest BCUT2D eigenvalue weighted by Crippen LogP contribution is 2.34. The standard InChI is InChI=1S/C9H12O2/c1-2-3-7-6-11-9-8(7)4-5-10-9/h7-9H,4-6H2,1H3. The Morgan fingerprint density at radius 2 is 2.27 bits per heavy atom. The maximum atomic E-state index is 5.42. The first-order valence-corrected chi connectivity index (χ1v) is 4.07. The molecule has 11 heavy (non-hydrogen) atoms. The second kappa shape index (κ2) is 2.84. The van der Waals surface area contributed by atoms with Crippen LogP contribution < -0.4 is 0 Å². The topological polar surface area (TPSA) is 18.5 Å². The van der Waals surface area contributed by atoms with Gasteiger partial charge in [-0.1, -0.05) is 5.92 Å². The molecule has 0 aromatic heterocycles. The van der Waals surface area contributed by atoms with E-state index in [1.807, 2.05) is 6.92 Å². The van der Waals surface area contributed by atoms with E-state index in [0.717, 1.165) is 19.6 Å². The molecule has 0 aromatic rings. The molecule has 3 unspecified atom stereocenters. The first-order chi connectivity index (χ1) is 5.42. The van der Waals surface area contributed by atoms with Gasteiger partial charge in [0.25, 0.3) is 0 Å². The Bertz CT molecular complexity index is 201. The smallest absolute Gasteiger partial charge is 0.161 e. The molecule has 0 spiro atoms. The SMILES string of the molecule is CC#CC1COC2OCCC12. The van der Waals surface area contributed by atoms with Gasteiger partial charge in [0.05, 0.1) is 19.1 Å². The molecule has 0 aromatic carbocycles. The van der Waals surface area contributed by atoms with E-state index in [-0.39, 0.29) is 6.29 Å². The first kappa shape index (κ1) is 7.15. The van der Waals surface area contributed by atoms with Crippen LogP contribution in [0, 0.1) is 23.7 Å². The lowest BCUT2D eigenvalue weighted by Gasteiger charge is -2.07. The van der Waals surface area contributed by atoms with Gasteiger partial charge in [-0.05, 0) is 13.3 Å². The molecular weight excluding hydrogens is 140 g/mol. The van der Waals surface area contributed by atoms with Crippen LogP contribution in [0.15, 0.2) is 0 Å². The van der Waals surface area contributed by atoms with Gasteiger partial charge >= 0.3 is 0 Å². The summed E-state index contributed by atoms with van der Waals surface area (Å²) in [5.74, 6) is 7.07. The zero-order valence-corrected chi connectivity index (χ0v) is 6.67. The van der Waals surface area contributed by atoms with Crippen molar-refractivity contribution in [2.24, 2.45) is 11.8 Å². The summed E-state index contributed by atoms with van der Waals surface area (Å²) in [6, 6.07) is 0. The Morgan fingerprint density at radius 3 is 3.09 bits per heavy atom. The maximum absolute atomic E-state index is 5.42. The predicted octanol–water partition coefficient (Wildman–Crippen LogP) is 1.02. The Morgan fingerprint density at radius 1 is 1.36 bits per heavy atom. The molecule has 0 bridgehead atoms. The molecule has 2 aliphatic heterocycles. The molecular formula is C9H12O2. The lowest BCUT2D eigenvalue weighted by atomic mass is 9.94. The molecule has 0 radical (unpaired) electrons. The third-order valence-corrected chi connectivity index (χ3v) is 2.37. The van der Waals surface area contributed by atoms with Crippen LogP contribution in [0.4, 0.5) is 0 Å². The van der Waals surface area contributed by atoms with E-state index in [1.54, 1.807) is 0 Å². The fourth-order valence-electron chi connectivity index (χ4n) is 1.80. The molecule has 60 valence electrons. The van der Waals surface area contributed by atoms with Crippen LogP contribution in [0.3, 0.4) is 0 Å². The second-order valence-corrected chi connectivity index (χ2v) is 3.03. The second-order valence-electron chi connectivity index (χ2n) is 3.03. The highest BCUT2D eigenvalue weighted by molar-refractivity contribution is 5.06. The van der Waals surface area contributed by atoms with Gasteiger partial charge in [-0.25, -0.2) is 0 Å². The maximum Gasteiger partial charge on any atom is 0.161 e. The predicted molar refractivity (Wildman–Crippen MR) is 40.7 cm³/mol. The molecule has 0 amide bonds. The molecule has 3 atom stereocenters. The van der Waals surface area contributed by atoms with Crippen molar-refractivity contribution in [1.82, 2.24) is 0 Å². The molecule has 2 heteroatoms. The summed E-state index contributed by atoms with van der Waals surface area (Å²) in [7, 11) is 0. The van der Waals surface area contributed by atoms with E-state index in [0.29, 0.717) is 11.8 Å². The highest BCUT2D eigenvalue weighted by atomic mass is 16.7. The van der Waals surface area contributed by atoms with Crippen LogP contribution in [0.25, 0.3) is 0 Å². The van der Waals surface area contributed by atoms with Gasteiger partial charge in [0, 0.05) is 5.92 Å². The summed E-state index contributed by atoms with van der Waals surface area (Å²) in [6.45, 7) is 3.48. The number of fused-ring (bicyclic) bond motifs is 1. The van der Waals surface area contributed by atoms with Crippen LogP contribution in [-0.4, -0.2) is 19.5 Å². The van der Waals surface area contributed by atoms with Gasteiger partial charge in [-0.15, -0.1) is 5.92 Å². The monoisotopic (exact) mass is 152 g/mol. The summed E-state index contributed by atoms with van der Waals surface area (Å²) in [6.07, 6.45) is 1.17. The van der Waals surface area contributed by atoms with Crippen molar-refractivity contribution in [3.8, 4) is 11.8 Å². The van der Waals surface area contributed by atoms with Gasteiger partial charge in [0.1, 0.15) is 0 Å². The molecule has 2 nitrogen and oxygen atoms in total. The molecule has 0 N–H and O–H groups in total. The average molecular weight is 152 g/mol. The van der Waals surface area contributed by atoms with E-state index in [2.05, 4.69) is 11.8 Å². The largest absolute Gasteiger partial charge is 0.352 e. The van der Waals surface area contributed by atoms with Crippen molar-refractivity contribution < 1.29 is 9.47 Å². The Balaban J connectivity index is 2.06. The third kappa shape index (κ3) is 1.15. The van der Waals surface area contributed by atoms with E-state index in [9.17, 15) is 0 Å². The minimum absolute atomic E-state index is 0.0563. The summed E-state index contributed by atoms with van der Waals surface area (Å²) >= 11 is 0. The Kier molecular flexibility index (Phi) is 1.85. The Hall–Kier alpha value is -0.520. The number of ether oxygens (including phenoxy) is 2. The average Bonchev–Trinajstić information content (AvgIpc) is 2.53. The lowest BCUT2D eigenvalue weighted by molar-refractivity contribution is -0.0905. The fraction of sp³-hybridized carbons (Fsp3) is 0.778. The molecule has 0 aliphatic carbocycles. The van der Waals surface area contributed by atoms with Crippen molar-refractivity contribution in [3.05, 3.63) is 0 Å². The summed E-state index contributed by atoms with van der Waals surface area (Å²) in [4.78, 5) is 0. The molecule has 0 saturated carbocycles. The minimum atomic E-state index is 0.0563. The highest BCUT2D eigenvalue weighted by Gasteiger charge is 2.40. The fourth-order valence-corrected chi connectivity index (χ4v) is 1.80. The van der Waals surface area contributed by atoms with Gasteiger partial charge in [-0.3, -0.25) is 0 Å². The van der Waals surface area contributed by atoms with Gasteiger partial charge in [-0.2, -0.15) is 0 Å². The molecule has 2 fully saturated rings. The zero-order valence-electron chi connectivity index (χ0n) is 6.67. The van der Waals surface area contributed by atoms with E-state index < -0.39 is 0 Å². The van der Waals surface area contributed by atoms with Crippen molar-refractivity contribution in [2.45, 2.75) is 19.6 Å². The summed E-state index contributed by atoms with van der Waals surface area (Å²) in [5, 5.41) is 0. The minimum Gasteiger partial charge on any atom is -0.352 e. The normalized spacial score (nSPS) is 41.4. The molecule has 2 aliphatic rings. The third-order valence-electron chi connectivity index (χ3n) is 2.37. The van der Waals surface area contributed by atoms with Crippen molar-refractivity contribution in [3.63, 3.8) is 0 Å². The Labute approximate surface area is 66.9 Å². The van der Waals surface area contributed by atoms with Crippen LogP contribution in [-0.2, 0) is 9.47 Å². The van der Waals surface area contributed by atoms with Gasteiger partial charge in [0.2, 0.25) is 0 Å². The van der Waals surface area contributed by atoms with Crippen LogP contribution in [0.1, 0.15) is 13.3 Å². The number of rotatable bonds is 0. The van der Waals surface area contributed by atoms with Crippen LogP contribution in [0.5, 0.6) is 0 Å². The van der Waals surface area contributed by atoms with Crippen LogP contribution >= 0.6 is 0 Å². The van der Waals surface area contributed by atoms with Gasteiger partial charge in [0.15, 0.2) is 6.29 Å². The molecule has 2 rings (SSSR count). The molecule has 2 saturated heterocycles. The quantitative estimate of drug-likeness (QED) is 0.482. The summed E-state index contributed by atoms with van der Waals surface area (Å²) in [5.41, 5.74) is 0. The van der Waals surface area contributed by atoms with Crippen molar-refractivity contribution in [2.75, 3.05) is 13.2 Å². The van der Waals surface area contributed by atoms with E-state index in [4.69, 9.17) is 9.47 Å². The zero-order chi connectivity index (χ0) is 7.68. The lowest BCUT2D eigenvalue weighted by Crippen LogP contribution is -2.13. The summed E-state index contributed by atoms with van der Waals surface area (Å²) < 4.78 is 10.8. The van der Waals surface area contributed by atoms with Crippen LogP contribution in [0.2, 0.25) is 0 Å². The van der Waals surface area contributed by atoms with E-state index >= 15 is 0 Å². The number of hydrogen-bond acceptors (Lipinski definition) is 2. The molecule has 2 heterocycles. The van der Waals surface area contributed by atoms with Crippen molar-refractivity contribution >= 4 is 0 Å². The first-order valence-electron chi connectivity index (χ1n) is 4.07. The van der Waals surface area contributed by atoms with E-state index in [1.165, 1.54) is 0 Å². The van der Waals surface area contributed by atoms with Crippen molar-refractivity contribution in [1.29, 1.82) is 0 Å². The van der Waals surface area contributed by atoms with Gasteiger partial charge < -0.3 is 9.47 Å². The number of hydrogen-bond donors (Lipinski definition) is 0.